The van der Waals surface area contributed by atoms with E-state index in [1.54, 1.807) is 18.2 Å². The minimum absolute atomic E-state index is 0.0173. The van der Waals surface area contributed by atoms with Gasteiger partial charge in [-0.2, -0.15) is 0 Å². The van der Waals surface area contributed by atoms with E-state index in [-0.39, 0.29) is 6.10 Å². The Morgan fingerprint density at radius 1 is 1.17 bits per heavy atom. The summed E-state index contributed by atoms with van der Waals surface area (Å²) in [5.41, 5.74) is 1.78. The highest BCUT2D eigenvalue weighted by Gasteiger charge is 2.07. The van der Waals surface area contributed by atoms with Crippen molar-refractivity contribution >= 4 is 12.0 Å². The molecule has 2 aromatic rings. The molecule has 0 aromatic heterocycles. The van der Waals surface area contributed by atoms with Crippen LogP contribution in [0, 0.1) is 0 Å². The molecular weight excluding hydrogens is 292 g/mol. The van der Waals surface area contributed by atoms with Crippen LogP contribution in [0.15, 0.2) is 54.6 Å². The number of ether oxygens (including phenoxy) is 2. The van der Waals surface area contributed by atoms with Crippen LogP contribution in [-0.4, -0.2) is 17.2 Å². The van der Waals surface area contributed by atoms with E-state index < -0.39 is 5.97 Å². The summed E-state index contributed by atoms with van der Waals surface area (Å²) in [7, 11) is 0. The molecule has 0 radical (unpaired) electrons. The van der Waals surface area contributed by atoms with Crippen molar-refractivity contribution in [2.75, 3.05) is 0 Å². The number of carboxylic acid groups (broad SMARTS) is 1. The number of hydrogen-bond acceptors (Lipinski definition) is 3. The predicted molar refractivity (Wildman–Crippen MR) is 89.6 cm³/mol. The van der Waals surface area contributed by atoms with Gasteiger partial charge in [-0.3, -0.25) is 0 Å². The van der Waals surface area contributed by atoms with Crippen LogP contribution in [0.2, 0.25) is 0 Å². The molecule has 1 N–H and O–H groups in total. The molecule has 0 amide bonds. The summed E-state index contributed by atoms with van der Waals surface area (Å²) in [6.45, 7) is 4.30. The Balaban J connectivity index is 2.16. The first-order valence-corrected chi connectivity index (χ1v) is 7.43. The predicted octanol–water partition coefficient (Wildman–Crippen LogP) is 4.15. The second-order valence-electron chi connectivity index (χ2n) is 5.31. The molecule has 0 fully saturated rings. The molecule has 4 heteroatoms. The van der Waals surface area contributed by atoms with E-state index in [9.17, 15) is 4.79 Å². The van der Waals surface area contributed by atoms with Crippen LogP contribution in [0.3, 0.4) is 0 Å². The van der Waals surface area contributed by atoms with Gasteiger partial charge in [-0.1, -0.05) is 30.3 Å². The summed E-state index contributed by atoms with van der Waals surface area (Å²) in [6, 6.07) is 15.3. The van der Waals surface area contributed by atoms with Gasteiger partial charge in [-0.05, 0) is 37.6 Å². The Morgan fingerprint density at radius 2 is 1.91 bits per heavy atom. The summed E-state index contributed by atoms with van der Waals surface area (Å²) in [5, 5.41) is 8.76. The summed E-state index contributed by atoms with van der Waals surface area (Å²) >= 11 is 0. The van der Waals surface area contributed by atoms with Gasteiger partial charge in [0.25, 0.3) is 0 Å². The van der Waals surface area contributed by atoms with Crippen LogP contribution in [0.5, 0.6) is 11.5 Å². The Morgan fingerprint density at radius 3 is 2.57 bits per heavy atom. The van der Waals surface area contributed by atoms with E-state index in [1.165, 1.54) is 6.08 Å². The van der Waals surface area contributed by atoms with Crippen LogP contribution in [0.4, 0.5) is 0 Å². The molecule has 4 nitrogen and oxygen atoms in total. The molecule has 23 heavy (non-hydrogen) atoms. The standard InChI is InChI=1S/C19H20O4/c1-14(2)23-18-12-17(10-8-16(18)9-11-19(20)21)22-13-15-6-4-3-5-7-15/h3-12,14H,13H2,1-2H3,(H,20,21). The number of benzene rings is 2. The van der Waals surface area contributed by atoms with E-state index in [1.807, 2.05) is 44.2 Å². The first kappa shape index (κ1) is 16.6. The van der Waals surface area contributed by atoms with Crippen LogP contribution >= 0.6 is 0 Å². The molecule has 0 unspecified atom stereocenters. The molecule has 0 spiro atoms. The SMILES string of the molecule is CC(C)Oc1cc(OCc2ccccc2)ccc1C=CC(=O)O. The number of carbonyl (C=O) groups is 1. The van der Waals surface area contributed by atoms with Crippen molar-refractivity contribution in [2.24, 2.45) is 0 Å². The Bertz CT molecular complexity index is 675. The van der Waals surface area contributed by atoms with Crippen molar-refractivity contribution < 1.29 is 19.4 Å². The van der Waals surface area contributed by atoms with Crippen molar-refractivity contribution in [3.05, 3.63) is 65.7 Å². The van der Waals surface area contributed by atoms with Gasteiger partial charge in [0.15, 0.2) is 0 Å². The Labute approximate surface area is 136 Å². The topological polar surface area (TPSA) is 55.8 Å². The largest absolute Gasteiger partial charge is 0.490 e. The maximum Gasteiger partial charge on any atom is 0.328 e. The molecule has 0 aliphatic heterocycles. The van der Waals surface area contributed by atoms with Crippen LogP contribution in [-0.2, 0) is 11.4 Å². The first-order valence-electron chi connectivity index (χ1n) is 7.43. The van der Waals surface area contributed by atoms with Gasteiger partial charge in [0.1, 0.15) is 18.1 Å². The van der Waals surface area contributed by atoms with Gasteiger partial charge >= 0.3 is 5.97 Å². The highest BCUT2D eigenvalue weighted by Crippen LogP contribution is 2.27. The van der Waals surface area contributed by atoms with Crippen molar-refractivity contribution in [3.8, 4) is 11.5 Å². The average molecular weight is 312 g/mol. The third-order valence-electron chi connectivity index (χ3n) is 3.00. The molecule has 0 saturated carbocycles. The van der Waals surface area contributed by atoms with Crippen molar-refractivity contribution in [3.63, 3.8) is 0 Å². The second-order valence-corrected chi connectivity index (χ2v) is 5.31. The van der Waals surface area contributed by atoms with Crippen molar-refractivity contribution in [1.82, 2.24) is 0 Å². The normalized spacial score (nSPS) is 10.9. The number of hydrogen-bond donors (Lipinski definition) is 1. The fourth-order valence-electron chi connectivity index (χ4n) is 2.00. The lowest BCUT2D eigenvalue weighted by Crippen LogP contribution is -2.07. The second kappa shape index (κ2) is 8.03. The summed E-state index contributed by atoms with van der Waals surface area (Å²) in [6.07, 6.45) is 2.59. The third kappa shape index (κ3) is 5.51. The van der Waals surface area contributed by atoms with E-state index in [4.69, 9.17) is 14.6 Å². The molecule has 120 valence electrons. The zero-order valence-electron chi connectivity index (χ0n) is 13.2. The van der Waals surface area contributed by atoms with Gasteiger partial charge in [0.05, 0.1) is 6.10 Å². The number of aliphatic carboxylic acids is 1. The molecule has 0 atom stereocenters. The van der Waals surface area contributed by atoms with Crippen LogP contribution in [0.1, 0.15) is 25.0 Å². The lowest BCUT2D eigenvalue weighted by atomic mass is 10.1. The minimum Gasteiger partial charge on any atom is -0.490 e. The zero-order chi connectivity index (χ0) is 16.7. The highest BCUT2D eigenvalue weighted by atomic mass is 16.5. The lowest BCUT2D eigenvalue weighted by molar-refractivity contribution is -0.131. The van der Waals surface area contributed by atoms with Gasteiger partial charge in [-0.25, -0.2) is 4.79 Å². The van der Waals surface area contributed by atoms with E-state index in [0.717, 1.165) is 11.6 Å². The van der Waals surface area contributed by atoms with E-state index in [2.05, 4.69) is 0 Å². The molecule has 0 bridgehead atoms. The monoisotopic (exact) mass is 312 g/mol. The van der Waals surface area contributed by atoms with Gasteiger partial charge < -0.3 is 14.6 Å². The quantitative estimate of drug-likeness (QED) is 0.780. The van der Waals surface area contributed by atoms with Crippen molar-refractivity contribution in [1.29, 1.82) is 0 Å². The maximum atomic E-state index is 10.7. The number of rotatable bonds is 7. The first-order chi connectivity index (χ1) is 11.0. The van der Waals surface area contributed by atoms with Gasteiger partial charge in [0.2, 0.25) is 0 Å². The highest BCUT2D eigenvalue weighted by molar-refractivity contribution is 5.86. The fourth-order valence-corrected chi connectivity index (χ4v) is 2.00. The minimum atomic E-state index is -0.995. The Kier molecular flexibility index (Phi) is 5.80. The molecule has 0 heterocycles. The fraction of sp³-hybridized carbons (Fsp3) is 0.211. The molecule has 0 aliphatic rings. The zero-order valence-corrected chi connectivity index (χ0v) is 13.2. The molecule has 2 aromatic carbocycles. The van der Waals surface area contributed by atoms with E-state index >= 15 is 0 Å². The molecule has 0 saturated heterocycles. The van der Waals surface area contributed by atoms with E-state index in [0.29, 0.717) is 23.7 Å². The van der Waals surface area contributed by atoms with Gasteiger partial charge in [0, 0.05) is 17.7 Å². The average Bonchev–Trinajstić information content (AvgIpc) is 2.52. The summed E-state index contributed by atoms with van der Waals surface area (Å²) in [5.74, 6) is 0.282. The lowest BCUT2D eigenvalue weighted by Gasteiger charge is -2.14. The van der Waals surface area contributed by atoms with Crippen molar-refractivity contribution in [2.45, 2.75) is 26.6 Å². The molecule has 0 aliphatic carbocycles. The Hall–Kier alpha value is -2.75. The summed E-state index contributed by atoms with van der Waals surface area (Å²) < 4.78 is 11.5. The van der Waals surface area contributed by atoms with Crippen LogP contribution < -0.4 is 9.47 Å². The van der Waals surface area contributed by atoms with Gasteiger partial charge in [-0.15, -0.1) is 0 Å². The smallest absolute Gasteiger partial charge is 0.328 e. The maximum absolute atomic E-state index is 10.7. The molecule has 2 rings (SSSR count). The van der Waals surface area contributed by atoms with Crippen LogP contribution in [0.25, 0.3) is 6.08 Å². The molecular formula is C19H20O4. The summed E-state index contributed by atoms with van der Waals surface area (Å²) in [4.78, 5) is 10.7. The third-order valence-corrected chi connectivity index (χ3v) is 3.00. The number of carboxylic acids is 1.